The van der Waals surface area contributed by atoms with Crippen molar-refractivity contribution < 1.29 is 4.84 Å². The molecular weight excluding hydrogens is 274 g/mol. The maximum Gasteiger partial charge on any atom is 0.111 e. The van der Waals surface area contributed by atoms with E-state index in [0.717, 1.165) is 15.9 Å². The number of rotatable bonds is 3. The molecule has 0 aliphatic carbocycles. The molecule has 0 fully saturated rings. The van der Waals surface area contributed by atoms with Gasteiger partial charge in [-0.2, -0.15) is 0 Å². The Morgan fingerprint density at radius 3 is 3.19 bits per heavy atom. The van der Waals surface area contributed by atoms with Crippen LogP contribution in [0.25, 0.3) is 16.1 Å². The zero-order valence-corrected chi connectivity index (χ0v) is 9.75. The maximum atomic E-state index is 8.18. The Bertz CT molecular complexity index is 451. The van der Waals surface area contributed by atoms with Gasteiger partial charge in [0.2, 0.25) is 0 Å². The minimum atomic E-state index is -0.239. The van der Waals surface area contributed by atoms with Crippen LogP contribution in [-0.2, 0) is 4.84 Å². The molecule has 0 aromatic carbocycles. The highest BCUT2D eigenvalue weighted by molar-refractivity contribution is 9.10. The molecule has 0 saturated heterocycles. The van der Waals surface area contributed by atoms with Gasteiger partial charge in [-0.1, -0.05) is 5.11 Å². The number of halogens is 1. The smallest absolute Gasteiger partial charge is 0.111 e. The molecule has 0 saturated carbocycles. The summed E-state index contributed by atoms with van der Waals surface area (Å²) in [5.74, 6) is 0. The largest absolute Gasteiger partial charge is 0.268 e. The van der Waals surface area contributed by atoms with Crippen molar-refractivity contribution in [2.75, 3.05) is 6.54 Å². The highest BCUT2D eigenvalue weighted by atomic mass is 79.9. The molecular formula is C9H8BrN5O. The van der Waals surface area contributed by atoms with E-state index >= 15 is 0 Å². The van der Waals surface area contributed by atoms with Crippen molar-refractivity contribution in [2.24, 2.45) is 5.11 Å². The van der Waals surface area contributed by atoms with Crippen LogP contribution in [0.3, 0.4) is 0 Å². The van der Waals surface area contributed by atoms with Crippen molar-refractivity contribution in [3.8, 4) is 0 Å². The molecule has 0 spiro atoms. The molecule has 0 radical (unpaired) electrons. The zero-order valence-electron chi connectivity index (χ0n) is 8.17. The van der Waals surface area contributed by atoms with Gasteiger partial charge >= 0.3 is 0 Å². The van der Waals surface area contributed by atoms with Crippen LogP contribution in [0.5, 0.6) is 0 Å². The summed E-state index contributed by atoms with van der Waals surface area (Å²) in [6.07, 6.45) is 3.31. The monoisotopic (exact) mass is 281 g/mol. The molecule has 1 aromatic rings. The fourth-order valence-electron chi connectivity index (χ4n) is 1.27. The van der Waals surface area contributed by atoms with Crippen molar-refractivity contribution in [3.05, 3.63) is 45.0 Å². The number of nitrogens with one attached hydrogen (secondary N) is 1. The van der Waals surface area contributed by atoms with E-state index in [0.29, 0.717) is 0 Å². The molecule has 2 heterocycles. The third kappa shape index (κ3) is 2.52. The summed E-state index contributed by atoms with van der Waals surface area (Å²) in [4.78, 5) is 12.1. The van der Waals surface area contributed by atoms with E-state index in [1.54, 1.807) is 6.20 Å². The fraction of sp³-hybridized carbons (Fsp3) is 0.222. The number of hydroxylamine groups is 1. The van der Waals surface area contributed by atoms with Crippen LogP contribution in [0, 0.1) is 0 Å². The predicted octanol–water partition coefficient (Wildman–Crippen LogP) is 2.40. The molecule has 2 rings (SSSR count). The molecule has 1 unspecified atom stereocenters. The van der Waals surface area contributed by atoms with E-state index in [1.807, 2.05) is 18.2 Å². The first kappa shape index (κ1) is 10.9. The maximum absolute atomic E-state index is 8.18. The van der Waals surface area contributed by atoms with Gasteiger partial charge in [0.05, 0.1) is 17.9 Å². The van der Waals surface area contributed by atoms with Gasteiger partial charge in [-0.05, 0) is 39.7 Å². The number of azide groups is 1. The van der Waals surface area contributed by atoms with E-state index < -0.39 is 0 Å². The third-order valence-corrected chi connectivity index (χ3v) is 2.47. The van der Waals surface area contributed by atoms with Gasteiger partial charge in [-0.3, -0.25) is 15.3 Å². The highest BCUT2D eigenvalue weighted by Crippen LogP contribution is 2.18. The quantitative estimate of drug-likeness (QED) is 0.525. The van der Waals surface area contributed by atoms with E-state index in [9.17, 15) is 0 Å². The Labute approximate surface area is 100 Å². The third-order valence-electron chi connectivity index (χ3n) is 2.00. The first-order chi connectivity index (χ1) is 7.79. The number of nitrogens with zero attached hydrogens (tertiary/aromatic N) is 4. The van der Waals surface area contributed by atoms with Crippen LogP contribution in [0.15, 0.2) is 34.0 Å². The van der Waals surface area contributed by atoms with E-state index in [1.165, 1.54) is 0 Å². The molecule has 0 amide bonds. The van der Waals surface area contributed by atoms with Crippen LogP contribution in [-0.4, -0.2) is 17.6 Å². The van der Waals surface area contributed by atoms with Gasteiger partial charge in [0.1, 0.15) is 6.10 Å². The molecule has 16 heavy (non-hydrogen) atoms. The second kappa shape index (κ2) is 4.98. The average Bonchev–Trinajstić information content (AvgIpc) is 2.76. The number of hydrogen-bond donors (Lipinski definition) is 1. The molecule has 1 atom stereocenters. The van der Waals surface area contributed by atoms with Gasteiger partial charge in [-0.15, -0.1) is 0 Å². The number of aromatic nitrogens is 1. The van der Waals surface area contributed by atoms with Crippen molar-refractivity contribution in [1.29, 1.82) is 0 Å². The summed E-state index contributed by atoms with van der Waals surface area (Å²) in [6, 6.07) is 3.76. The van der Waals surface area contributed by atoms with Crippen molar-refractivity contribution in [1.82, 2.24) is 10.5 Å². The molecule has 1 aromatic heterocycles. The van der Waals surface area contributed by atoms with Gasteiger partial charge in [0, 0.05) is 15.6 Å². The Morgan fingerprint density at radius 1 is 1.62 bits per heavy atom. The second-order valence-corrected chi connectivity index (χ2v) is 4.03. The van der Waals surface area contributed by atoms with E-state index in [4.69, 9.17) is 10.4 Å². The molecule has 6 nitrogen and oxygen atoms in total. The minimum absolute atomic E-state index is 0.239. The summed E-state index contributed by atoms with van der Waals surface area (Å²) >= 11 is 3.31. The zero-order chi connectivity index (χ0) is 11.4. The van der Waals surface area contributed by atoms with Gasteiger partial charge in [0.15, 0.2) is 0 Å². The summed E-state index contributed by atoms with van der Waals surface area (Å²) in [5, 5.41) is 3.44. The Kier molecular flexibility index (Phi) is 3.40. The molecule has 7 heteroatoms. The molecule has 1 aliphatic heterocycles. The lowest BCUT2D eigenvalue weighted by Gasteiger charge is -2.03. The van der Waals surface area contributed by atoms with Crippen LogP contribution in [0.1, 0.15) is 5.69 Å². The Morgan fingerprint density at radius 2 is 2.50 bits per heavy atom. The molecule has 1 N–H and O–H groups in total. The lowest BCUT2D eigenvalue weighted by molar-refractivity contribution is 0.0566. The Balaban J connectivity index is 2.11. The first-order valence-corrected chi connectivity index (χ1v) is 5.35. The summed E-state index contributed by atoms with van der Waals surface area (Å²) in [7, 11) is 0. The lowest BCUT2D eigenvalue weighted by atomic mass is 10.2. The summed E-state index contributed by atoms with van der Waals surface area (Å²) < 4.78 is 0.918. The van der Waals surface area contributed by atoms with Crippen molar-refractivity contribution >= 4 is 21.6 Å². The van der Waals surface area contributed by atoms with Crippen molar-refractivity contribution in [3.63, 3.8) is 0 Å². The van der Waals surface area contributed by atoms with Gasteiger partial charge in [-0.25, -0.2) is 0 Å². The van der Waals surface area contributed by atoms with Crippen LogP contribution in [0.4, 0.5) is 0 Å². The standard InChI is InChI=1S/C9H8BrN5O/c10-6-1-2-8(12-4-6)9-3-7(16-14-9)5-13-15-11/h1-4,7,14H,5H2. The first-order valence-electron chi connectivity index (χ1n) is 4.56. The van der Waals surface area contributed by atoms with Gasteiger partial charge in [0.25, 0.3) is 0 Å². The van der Waals surface area contributed by atoms with Crippen LogP contribution >= 0.6 is 15.9 Å². The topological polar surface area (TPSA) is 82.9 Å². The Hall–Kier alpha value is -1.56. The second-order valence-electron chi connectivity index (χ2n) is 3.11. The average molecular weight is 282 g/mol. The highest BCUT2D eigenvalue weighted by Gasteiger charge is 2.17. The van der Waals surface area contributed by atoms with E-state index in [-0.39, 0.29) is 12.6 Å². The van der Waals surface area contributed by atoms with Gasteiger partial charge < -0.3 is 0 Å². The lowest BCUT2D eigenvalue weighted by Crippen LogP contribution is -2.14. The molecule has 0 bridgehead atoms. The number of pyridine rings is 1. The van der Waals surface area contributed by atoms with Crippen LogP contribution in [0.2, 0.25) is 0 Å². The SMILES string of the molecule is [N-]=[N+]=NCC1C=C(c2ccc(Br)cn2)NO1. The number of hydrogen-bond acceptors (Lipinski definition) is 4. The summed E-state index contributed by atoms with van der Waals surface area (Å²) in [6.45, 7) is 0.267. The van der Waals surface area contributed by atoms with Crippen molar-refractivity contribution in [2.45, 2.75) is 6.10 Å². The normalized spacial score (nSPS) is 18.6. The summed E-state index contributed by atoms with van der Waals surface area (Å²) in [5.41, 5.74) is 12.5. The predicted molar refractivity (Wildman–Crippen MR) is 61.9 cm³/mol. The fourth-order valence-corrected chi connectivity index (χ4v) is 1.51. The van der Waals surface area contributed by atoms with Crippen LogP contribution < -0.4 is 5.48 Å². The molecule has 82 valence electrons. The van der Waals surface area contributed by atoms with E-state index in [2.05, 4.69) is 36.4 Å². The minimum Gasteiger partial charge on any atom is -0.268 e. The molecule has 1 aliphatic rings.